The molecule has 16 heavy (non-hydrogen) atoms. The Balaban J connectivity index is 2.80. The molecular formula is C12H16BrN3. The van der Waals surface area contributed by atoms with Gasteiger partial charge in [-0.1, -0.05) is 29.3 Å². The highest BCUT2D eigenvalue weighted by Crippen LogP contribution is 2.20. The minimum Gasteiger partial charge on any atom is -0.381 e. The first-order valence-corrected chi connectivity index (χ1v) is 6.16. The molecule has 0 bridgehead atoms. The molecule has 1 aromatic rings. The number of nitrogens with zero attached hydrogens (tertiary/aromatic N) is 1. The second-order valence-electron chi connectivity index (χ2n) is 3.71. The number of hydrogen-bond acceptors (Lipinski definition) is 3. The van der Waals surface area contributed by atoms with Gasteiger partial charge < -0.3 is 11.1 Å². The Morgan fingerprint density at radius 3 is 2.81 bits per heavy atom. The van der Waals surface area contributed by atoms with E-state index in [0.29, 0.717) is 12.1 Å². The number of nitriles is 1. The molecule has 0 saturated carbocycles. The third-order valence-corrected chi connectivity index (χ3v) is 2.78. The highest BCUT2D eigenvalue weighted by molar-refractivity contribution is 9.10. The lowest BCUT2D eigenvalue weighted by molar-refractivity contribution is 0.648. The summed E-state index contributed by atoms with van der Waals surface area (Å²) < 4.78 is 0.904. The van der Waals surface area contributed by atoms with Crippen molar-refractivity contribution in [2.45, 2.75) is 25.8 Å². The zero-order chi connectivity index (χ0) is 12.0. The van der Waals surface area contributed by atoms with Crippen molar-refractivity contribution in [1.29, 1.82) is 5.26 Å². The maximum Gasteiger partial charge on any atom is 0.0992 e. The van der Waals surface area contributed by atoms with Crippen LogP contribution in [0.1, 0.15) is 25.3 Å². The van der Waals surface area contributed by atoms with Crippen molar-refractivity contribution < 1.29 is 0 Å². The fraction of sp³-hybridized carbons (Fsp3) is 0.417. The van der Waals surface area contributed by atoms with Crippen LogP contribution in [0.2, 0.25) is 0 Å². The number of anilines is 1. The van der Waals surface area contributed by atoms with Crippen molar-refractivity contribution in [3.63, 3.8) is 0 Å². The predicted octanol–water partition coefficient (Wildman–Crippen LogP) is 2.86. The van der Waals surface area contributed by atoms with Crippen LogP contribution in [-0.4, -0.2) is 12.6 Å². The molecule has 1 unspecified atom stereocenters. The number of nitrogens with two attached hydrogens (primary N) is 1. The van der Waals surface area contributed by atoms with Gasteiger partial charge in [0.25, 0.3) is 0 Å². The van der Waals surface area contributed by atoms with Gasteiger partial charge >= 0.3 is 0 Å². The first kappa shape index (κ1) is 13.0. The third kappa shape index (κ3) is 3.84. The first-order chi connectivity index (χ1) is 7.69. The quantitative estimate of drug-likeness (QED) is 0.873. The molecule has 4 heteroatoms. The average Bonchev–Trinajstić information content (AvgIpc) is 2.27. The smallest absolute Gasteiger partial charge is 0.0992 e. The van der Waals surface area contributed by atoms with E-state index in [1.54, 1.807) is 6.07 Å². The van der Waals surface area contributed by atoms with E-state index in [0.717, 1.165) is 23.0 Å². The maximum atomic E-state index is 8.86. The summed E-state index contributed by atoms with van der Waals surface area (Å²) in [6, 6.07) is 7.99. The van der Waals surface area contributed by atoms with Crippen molar-refractivity contribution in [2.75, 3.05) is 11.9 Å². The molecule has 0 aliphatic rings. The number of nitrogens with one attached hydrogen (secondary N) is 1. The minimum absolute atomic E-state index is 0.269. The predicted molar refractivity (Wildman–Crippen MR) is 70.2 cm³/mol. The van der Waals surface area contributed by atoms with Gasteiger partial charge in [-0.15, -0.1) is 0 Å². The summed E-state index contributed by atoms with van der Waals surface area (Å²) in [5, 5.41) is 12.2. The Labute approximate surface area is 105 Å². The van der Waals surface area contributed by atoms with Gasteiger partial charge in [0.2, 0.25) is 0 Å². The maximum absolute atomic E-state index is 8.86. The molecule has 0 aromatic heterocycles. The van der Waals surface area contributed by atoms with Gasteiger partial charge in [-0.3, -0.25) is 0 Å². The lowest BCUT2D eigenvalue weighted by atomic mass is 10.1. The third-order valence-electron chi connectivity index (χ3n) is 2.32. The van der Waals surface area contributed by atoms with Gasteiger partial charge in [0.15, 0.2) is 0 Å². The van der Waals surface area contributed by atoms with Gasteiger partial charge in [0.1, 0.15) is 0 Å². The van der Waals surface area contributed by atoms with E-state index in [1.165, 1.54) is 0 Å². The summed E-state index contributed by atoms with van der Waals surface area (Å²) >= 11 is 3.38. The fourth-order valence-electron chi connectivity index (χ4n) is 1.57. The van der Waals surface area contributed by atoms with E-state index in [-0.39, 0.29) is 6.04 Å². The topological polar surface area (TPSA) is 61.8 Å². The van der Waals surface area contributed by atoms with Gasteiger partial charge in [-0.25, -0.2) is 0 Å². The standard InChI is InChI=1S/C12H16BrN3/c1-2-3-11(8-15)16-12-5-9(7-14)4-10(13)6-12/h4-6,11,16H,2-3,8,15H2,1H3. The molecule has 3 nitrogen and oxygen atoms in total. The monoisotopic (exact) mass is 281 g/mol. The van der Waals surface area contributed by atoms with Crippen LogP contribution in [0.5, 0.6) is 0 Å². The summed E-state index contributed by atoms with van der Waals surface area (Å²) in [5.74, 6) is 0. The van der Waals surface area contributed by atoms with Crippen molar-refractivity contribution in [1.82, 2.24) is 0 Å². The molecule has 0 aliphatic carbocycles. The van der Waals surface area contributed by atoms with Crippen LogP contribution >= 0.6 is 15.9 Å². The lowest BCUT2D eigenvalue weighted by Crippen LogP contribution is -2.28. The molecule has 3 N–H and O–H groups in total. The molecule has 0 radical (unpaired) electrons. The average molecular weight is 282 g/mol. The van der Waals surface area contributed by atoms with E-state index in [2.05, 4.69) is 34.2 Å². The van der Waals surface area contributed by atoms with Crippen LogP contribution in [0.4, 0.5) is 5.69 Å². The Bertz CT molecular complexity index is 384. The van der Waals surface area contributed by atoms with E-state index in [4.69, 9.17) is 11.0 Å². The zero-order valence-corrected chi connectivity index (χ0v) is 10.9. The Kier molecular flexibility index (Phi) is 5.30. The number of rotatable bonds is 5. The molecular weight excluding hydrogens is 266 g/mol. The SMILES string of the molecule is CCCC(CN)Nc1cc(Br)cc(C#N)c1. The van der Waals surface area contributed by atoms with Crippen LogP contribution in [0, 0.1) is 11.3 Å². The Morgan fingerprint density at radius 2 is 2.25 bits per heavy atom. The Hall–Kier alpha value is -1.05. The van der Waals surface area contributed by atoms with Crippen LogP contribution in [0.25, 0.3) is 0 Å². The summed E-state index contributed by atoms with van der Waals surface area (Å²) in [4.78, 5) is 0. The van der Waals surface area contributed by atoms with Crippen molar-refractivity contribution in [2.24, 2.45) is 5.73 Å². The van der Waals surface area contributed by atoms with Crippen molar-refractivity contribution in [3.8, 4) is 6.07 Å². The summed E-state index contributed by atoms with van der Waals surface area (Å²) in [7, 11) is 0. The summed E-state index contributed by atoms with van der Waals surface area (Å²) in [6.07, 6.45) is 2.12. The molecule has 1 rings (SSSR count). The van der Waals surface area contributed by atoms with E-state index in [1.807, 2.05) is 12.1 Å². The highest BCUT2D eigenvalue weighted by atomic mass is 79.9. The largest absolute Gasteiger partial charge is 0.381 e. The normalized spacial score (nSPS) is 11.9. The van der Waals surface area contributed by atoms with Crippen LogP contribution in [-0.2, 0) is 0 Å². The van der Waals surface area contributed by atoms with E-state index < -0.39 is 0 Å². The fourth-order valence-corrected chi connectivity index (χ4v) is 2.06. The second-order valence-corrected chi connectivity index (χ2v) is 4.62. The summed E-state index contributed by atoms with van der Waals surface area (Å²) in [5.41, 5.74) is 7.26. The van der Waals surface area contributed by atoms with Gasteiger partial charge in [0, 0.05) is 22.7 Å². The number of hydrogen-bond donors (Lipinski definition) is 2. The Morgan fingerprint density at radius 1 is 1.50 bits per heavy atom. The molecule has 86 valence electrons. The van der Waals surface area contributed by atoms with Gasteiger partial charge in [-0.05, 0) is 24.6 Å². The van der Waals surface area contributed by atoms with Gasteiger partial charge in [-0.2, -0.15) is 5.26 Å². The molecule has 0 spiro atoms. The minimum atomic E-state index is 0.269. The van der Waals surface area contributed by atoms with E-state index >= 15 is 0 Å². The lowest BCUT2D eigenvalue weighted by Gasteiger charge is -2.17. The molecule has 1 atom stereocenters. The molecule has 0 fully saturated rings. The molecule has 0 amide bonds. The molecule has 0 aliphatic heterocycles. The highest BCUT2D eigenvalue weighted by Gasteiger charge is 2.06. The van der Waals surface area contributed by atoms with Gasteiger partial charge in [0.05, 0.1) is 11.6 Å². The number of benzene rings is 1. The number of halogens is 1. The molecule has 0 saturated heterocycles. The molecule has 1 aromatic carbocycles. The first-order valence-electron chi connectivity index (χ1n) is 5.37. The van der Waals surface area contributed by atoms with Crippen molar-refractivity contribution in [3.05, 3.63) is 28.2 Å². The summed E-state index contributed by atoms with van der Waals surface area (Å²) in [6.45, 7) is 2.73. The van der Waals surface area contributed by atoms with E-state index in [9.17, 15) is 0 Å². The molecule has 0 heterocycles. The zero-order valence-electron chi connectivity index (χ0n) is 9.33. The van der Waals surface area contributed by atoms with Crippen LogP contribution in [0.3, 0.4) is 0 Å². The second kappa shape index (κ2) is 6.51. The van der Waals surface area contributed by atoms with Crippen LogP contribution < -0.4 is 11.1 Å². The van der Waals surface area contributed by atoms with Crippen LogP contribution in [0.15, 0.2) is 22.7 Å². The van der Waals surface area contributed by atoms with Crippen molar-refractivity contribution >= 4 is 21.6 Å².